The second-order valence-corrected chi connectivity index (χ2v) is 6.25. The fourth-order valence-electron chi connectivity index (χ4n) is 2.60. The average molecular weight is 336 g/mol. The number of rotatable bonds is 6. The highest BCUT2D eigenvalue weighted by Crippen LogP contribution is 2.19. The molecule has 23 heavy (non-hydrogen) atoms. The van der Waals surface area contributed by atoms with E-state index in [4.69, 9.17) is 9.63 Å². The molecule has 0 aliphatic carbocycles. The third-order valence-electron chi connectivity index (χ3n) is 3.94. The minimum Gasteiger partial charge on any atom is -0.395 e. The van der Waals surface area contributed by atoms with Crippen molar-refractivity contribution in [3.05, 3.63) is 22.7 Å². The number of amides is 1. The van der Waals surface area contributed by atoms with Crippen molar-refractivity contribution >= 4 is 17.2 Å². The van der Waals surface area contributed by atoms with Crippen molar-refractivity contribution in [2.75, 3.05) is 39.3 Å². The second-order valence-electron chi connectivity index (χ2n) is 5.47. The predicted octanol–water partition coefficient (Wildman–Crippen LogP) is 0.867. The van der Waals surface area contributed by atoms with Crippen molar-refractivity contribution in [2.24, 2.45) is 0 Å². The largest absolute Gasteiger partial charge is 0.395 e. The SMILES string of the molecule is O=C(CCc1nc(-c2ccsc2)no1)N1CCN(CCO)CC1. The maximum atomic E-state index is 12.2. The maximum absolute atomic E-state index is 12.2. The number of aliphatic hydroxyl groups is 1. The zero-order valence-electron chi connectivity index (χ0n) is 12.8. The molecule has 3 rings (SSSR count). The topological polar surface area (TPSA) is 82.7 Å². The molecule has 1 fully saturated rings. The van der Waals surface area contributed by atoms with Crippen LogP contribution in [-0.4, -0.2) is 70.3 Å². The monoisotopic (exact) mass is 336 g/mol. The molecule has 0 radical (unpaired) electrons. The van der Waals surface area contributed by atoms with Gasteiger partial charge in [-0.15, -0.1) is 0 Å². The van der Waals surface area contributed by atoms with Gasteiger partial charge in [0.1, 0.15) is 0 Å². The van der Waals surface area contributed by atoms with Gasteiger partial charge in [0.25, 0.3) is 0 Å². The second kappa shape index (κ2) is 7.67. The van der Waals surface area contributed by atoms with E-state index in [1.807, 2.05) is 21.7 Å². The average Bonchev–Trinajstić information content (AvgIpc) is 3.25. The number of aryl methyl sites for hydroxylation is 1. The number of aromatic nitrogens is 2. The van der Waals surface area contributed by atoms with Crippen LogP contribution in [-0.2, 0) is 11.2 Å². The molecular weight excluding hydrogens is 316 g/mol. The summed E-state index contributed by atoms with van der Waals surface area (Å²) in [7, 11) is 0. The van der Waals surface area contributed by atoms with Gasteiger partial charge >= 0.3 is 0 Å². The van der Waals surface area contributed by atoms with E-state index in [1.54, 1.807) is 11.3 Å². The molecule has 3 heterocycles. The van der Waals surface area contributed by atoms with Crippen LogP contribution in [0.3, 0.4) is 0 Å². The zero-order valence-corrected chi connectivity index (χ0v) is 13.7. The van der Waals surface area contributed by atoms with Gasteiger partial charge in [-0.2, -0.15) is 16.3 Å². The lowest BCUT2D eigenvalue weighted by Gasteiger charge is -2.34. The van der Waals surface area contributed by atoms with Gasteiger partial charge in [-0.1, -0.05) is 5.16 Å². The molecule has 2 aromatic heterocycles. The number of aliphatic hydroxyl groups excluding tert-OH is 1. The molecule has 1 saturated heterocycles. The van der Waals surface area contributed by atoms with Gasteiger partial charge in [0.05, 0.1) is 6.61 Å². The Bertz CT molecular complexity index is 620. The van der Waals surface area contributed by atoms with Crippen LogP contribution < -0.4 is 0 Å². The summed E-state index contributed by atoms with van der Waals surface area (Å²) in [5.41, 5.74) is 0.941. The lowest BCUT2D eigenvalue weighted by molar-refractivity contribution is -0.133. The molecule has 124 valence electrons. The number of thiophene rings is 1. The van der Waals surface area contributed by atoms with E-state index >= 15 is 0 Å². The van der Waals surface area contributed by atoms with Crippen LogP contribution in [0.4, 0.5) is 0 Å². The summed E-state index contributed by atoms with van der Waals surface area (Å²) in [5.74, 6) is 1.19. The molecule has 7 nitrogen and oxygen atoms in total. The predicted molar refractivity (Wildman–Crippen MR) is 86.0 cm³/mol. The van der Waals surface area contributed by atoms with Crippen molar-refractivity contribution in [1.82, 2.24) is 19.9 Å². The summed E-state index contributed by atoms with van der Waals surface area (Å²) < 4.78 is 5.21. The molecule has 1 aliphatic rings. The van der Waals surface area contributed by atoms with Crippen LogP contribution in [0.2, 0.25) is 0 Å². The van der Waals surface area contributed by atoms with Crippen LogP contribution in [0.1, 0.15) is 12.3 Å². The van der Waals surface area contributed by atoms with Crippen molar-refractivity contribution in [2.45, 2.75) is 12.8 Å². The standard InChI is InChI=1S/C15H20N4O3S/c20-9-8-18-4-6-19(7-5-18)14(21)2-1-13-16-15(17-22-13)12-3-10-23-11-12/h3,10-11,20H,1-2,4-9H2. The zero-order chi connectivity index (χ0) is 16.1. The van der Waals surface area contributed by atoms with Crippen LogP contribution in [0.5, 0.6) is 0 Å². The van der Waals surface area contributed by atoms with E-state index in [9.17, 15) is 4.79 Å². The van der Waals surface area contributed by atoms with Crippen molar-refractivity contribution < 1.29 is 14.4 Å². The molecule has 1 amide bonds. The van der Waals surface area contributed by atoms with E-state index < -0.39 is 0 Å². The van der Waals surface area contributed by atoms with Crippen LogP contribution in [0.15, 0.2) is 21.3 Å². The summed E-state index contributed by atoms with van der Waals surface area (Å²) in [6.45, 7) is 3.89. The third kappa shape index (κ3) is 4.15. The fraction of sp³-hybridized carbons (Fsp3) is 0.533. The summed E-state index contributed by atoms with van der Waals surface area (Å²) in [6.07, 6.45) is 0.845. The molecule has 0 bridgehead atoms. The fourth-order valence-corrected chi connectivity index (χ4v) is 3.23. The quantitative estimate of drug-likeness (QED) is 0.843. The first-order valence-electron chi connectivity index (χ1n) is 7.72. The lowest BCUT2D eigenvalue weighted by atomic mass is 10.2. The van der Waals surface area contributed by atoms with Gasteiger partial charge in [-0.05, 0) is 11.4 Å². The van der Waals surface area contributed by atoms with Gasteiger partial charge in [0, 0.05) is 56.5 Å². The van der Waals surface area contributed by atoms with E-state index in [1.165, 1.54) is 0 Å². The molecule has 1 aliphatic heterocycles. The van der Waals surface area contributed by atoms with E-state index in [2.05, 4.69) is 15.0 Å². The number of carbonyl (C=O) groups is 1. The van der Waals surface area contributed by atoms with E-state index in [0.717, 1.165) is 18.7 Å². The first kappa shape index (κ1) is 16.1. The summed E-state index contributed by atoms with van der Waals surface area (Å²) in [4.78, 5) is 20.6. The van der Waals surface area contributed by atoms with E-state index in [-0.39, 0.29) is 12.5 Å². The number of hydrogen-bond acceptors (Lipinski definition) is 7. The first-order chi connectivity index (χ1) is 11.3. The van der Waals surface area contributed by atoms with Gasteiger partial charge < -0.3 is 14.5 Å². The molecule has 0 spiro atoms. The molecule has 0 aromatic carbocycles. The number of piperazine rings is 1. The highest BCUT2D eigenvalue weighted by Gasteiger charge is 2.21. The Morgan fingerprint density at radius 2 is 2.17 bits per heavy atom. The summed E-state index contributed by atoms with van der Waals surface area (Å²) in [5, 5.41) is 16.8. The number of hydrogen-bond donors (Lipinski definition) is 1. The molecule has 2 aromatic rings. The van der Waals surface area contributed by atoms with Crippen LogP contribution in [0.25, 0.3) is 11.4 Å². The summed E-state index contributed by atoms with van der Waals surface area (Å²) >= 11 is 1.58. The highest BCUT2D eigenvalue weighted by atomic mass is 32.1. The van der Waals surface area contributed by atoms with Gasteiger partial charge in [-0.25, -0.2) is 0 Å². The van der Waals surface area contributed by atoms with Crippen LogP contribution in [0, 0.1) is 0 Å². The molecular formula is C15H20N4O3S. The van der Waals surface area contributed by atoms with E-state index in [0.29, 0.717) is 44.2 Å². The lowest BCUT2D eigenvalue weighted by Crippen LogP contribution is -2.49. The number of β-amino-alcohol motifs (C(OH)–C–C–N with tert-alkyl or cyclic N) is 1. The Balaban J connectivity index is 1.46. The van der Waals surface area contributed by atoms with Crippen molar-refractivity contribution in [1.29, 1.82) is 0 Å². The van der Waals surface area contributed by atoms with Gasteiger partial charge in [-0.3, -0.25) is 9.69 Å². The van der Waals surface area contributed by atoms with Gasteiger partial charge in [0.15, 0.2) is 0 Å². The molecule has 0 atom stereocenters. The maximum Gasteiger partial charge on any atom is 0.227 e. The van der Waals surface area contributed by atoms with Crippen molar-refractivity contribution in [3.8, 4) is 11.4 Å². The normalized spacial score (nSPS) is 16.0. The van der Waals surface area contributed by atoms with Gasteiger partial charge in [0.2, 0.25) is 17.6 Å². The Kier molecular flexibility index (Phi) is 5.37. The minimum atomic E-state index is 0.115. The molecule has 0 saturated carbocycles. The Hall–Kier alpha value is -1.77. The minimum absolute atomic E-state index is 0.115. The first-order valence-corrected chi connectivity index (χ1v) is 8.66. The third-order valence-corrected chi connectivity index (χ3v) is 4.62. The Morgan fingerprint density at radius 1 is 1.35 bits per heavy atom. The number of nitrogens with zero attached hydrogens (tertiary/aromatic N) is 4. The molecule has 1 N–H and O–H groups in total. The Morgan fingerprint density at radius 3 is 2.87 bits per heavy atom. The van der Waals surface area contributed by atoms with Crippen molar-refractivity contribution in [3.63, 3.8) is 0 Å². The molecule has 8 heteroatoms. The van der Waals surface area contributed by atoms with Crippen LogP contribution >= 0.6 is 11.3 Å². The smallest absolute Gasteiger partial charge is 0.227 e. The molecule has 0 unspecified atom stereocenters. The Labute approximate surface area is 138 Å². The number of carbonyl (C=O) groups excluding carboxylic acids is 1. The highest BCUT2D eigenvalue weighted by molar-refractivity contribution is 7.08. The summed E-state index contributed by atoms with van der Waals surface area (Å²) in [6, 6.07) is 1.94.